The van der Waals surface area contributed by atoms with E-state index in [4.69, 9.17) is 0 Å². The molecule has 0 aliphatic heterocycles. The molecule has 10 aromatic rings. The Morgan fingerprint density at radius 2 is 0.731 bits per heavy atom. The van der Waals surface area contributed by atoms with Crippen molar-refractivity contribution < 1.29 is 37.9 Å². The van der Waals surface area contributed by atoms with Crippen LogP contribution in [0.25, 0.3) is 64.6 Å². The molecule has 10 rings (SSSR count). The first-order chi connectivity index (χ1) is 31.6. The molecule has 0 saturated heterocycles. The minimum Gasteiger partial charge on any atom is -0.420 e. The summed E-state index contributed by atoms with van der Waals surface area (Å²) in [6, 6.07) is 48.5. The van der Waals surface area contributed by atoms with Gasteiger partial charge in [0.2, 0.25) is 0 Å². The van der Waals surface area contributed by atoms with Crippen molar-refractivity contribution in [2.75, 3.05) is 0 Å². The maximum Gasteiger partial charge on any atom is 2.00 e. The monoisotopic (exact) mass is 1090 g/mol. The van der Waals surface area contributed by atoms with Crippen LogP contribution in [0.5, 0.6) is 0 Å². The van der Waals surface area contributed by atoms with Gasteiger partial charge >= 0.3 is 21.1 Å². The number of rotatable bonds is 4. The van der Waals surface area contributed by atoms with Gasteiger partial charge in [0.05, 0.1) is 11.1 Å². The van der Waals surface area contributed by atoms with Crippen LogP contribution in [0, 0.1) is 23.7 Å². The Morgan fingerprint density at radius 3 is 1.07 bits per heavy atom. The van der Waals surface area contributed by atoms with Gasteiger partial charge < -0.3 is 16.8 Å². The summed E-state index contributed by atoms with van der Waals surface area (Å²) in [4.78, 5) is 9.38. The molecular weight excluding hydrogens is 1050 g/mol. The van der Waals surface area contributed by atoms with Crippen LogP contribution in [0.1, 0.15) is 74.9 Å². The quantitative estimate of drug-likeness (QED) is 0.0759. The van der Waals surface area contributed by atoms with Gasteiger partial charge in [-0.05, 0) is 175 Å². The molecule has 0 aliphatic carbocycles. The van der Waals surface area contributed by atoms with Gasteiger partial charge in [0.15, 0.2) is 0 Å². The van der Waals surface area contributed by atoms with Crippen molar-refractivity contribution in [2.24, 2.45) is 9.98 Å². The van der Waals surface area contributed by atoms with Gasteiger partial charge in [-0.2, -0.15) is 0 Å². The number of aliphatic imine (C=N–C) groups is 2. The number of hydrogen-bond donors (Lipinski definition) is 0. The van der Waals surface area contributed by atoms with Crippen LogP contribution in [0.3, 0.4) is 0 Å². The number of nitrogens with zero attached hydrogens (tertiary/aromatic N) is 2. The van der Waals surface area contributed by atoms with Gasteiger partial charge in [0.1, 0.15) is 0 Å². The second kappa shape index (κ2) is 18.9. The first kappa shape index (κ1) is 46.8. The maximum atomic E-state index is 11.7. The van der Waals surface area contributed by atoms with Crippen molar-refractivity contribution in [3.63, 3.8) is 0 Å². The van der Waals surface area contributed by atoms with Gasteiger partial charge in [-0.15, -0.1) is 0 Å². The summed E-state index contributed by atoms with van der Waals surface area (Å²) in [6.45, 7) is 11.8. The van der Waals surface area contributed by atoms with E-state index in [9.17, 15) is 16.8 Å². The molecule has 0 spiro atoms. The zero-order valence-electron chi connectivity index (χ0n) is 37.7. The molecule has 0 bridgehead atoms. The van der Waals surface area contributed by atoms with E-state index in [2.05, 4.69) is 143 Å². The largest absolute Gasteiger partial charge is 2.00 e. The molecule has 9 heteroatoms. The minimum absolute atomic E-state index is 0. The Kier molecular flexibility index (Phi) is 13.2. The van der Waals surface area contributed by atoms with Crippen molar-refractivity contribution in [3.05, 3.63) is 179 Å². The van der Waals surface area contributed by atoms with Crippen molar-refractivity contribution >= 4 is 98.5 Å². The Hall–Kier alpha value is -6.67. The predicted molar refractivity (Wildman–Crippen MR) is 274 cm³/mol. The van der Waals surface area contributed by atoms with Gasteiger partial charge in [-0.25, -0.2) is 0 Å². The molecule has 67 heavy (non-hydrogen) atoms. The summed E-state index contributed by atoms with van der Waals surface area (Å²) >= 11 is 0. The second-order valence-corrected chi connectivity index (χ2v) is 20.1. The van der Waals surface area contributed by atoms with E-state index in [-0.39, 0.29) is 41.9 Å². The molecule has 332 valence electrons. The molecular formula is C58H44N2O4PtS2. The smallest absolute Gasteiger partial charge is 0.420 e. The van der Waals surface area contributed by atoms with Crippen LogP contribution in [-0.4, -0.2) is 23.5 Å². The van der Waals surface area contributed by atoms with Crippen LogP contribution in [0.2, 0.25) is 0 Å². The van der Waals surface area contributed by atoms with Crippen LogP contribution in [0.15, 0.2) is 165 Å². The van der Waals surface area contributed by atoms with E-state index in [1.54, 1.807) is 48.8 Å². The van der Waals surface area contributed by atoms with Crippen LogP contribution >= 0.6 is 0 Å². The predicted octanol–water partition coefficient (Wildman–Crippen LogP) is 13.7. The molecule has 0 radical (unpaired) electrons. The molecule has 0 amide bonds. The van der Waals surface area contributed by atoms with E-state index in [0.29, 0.717) is 11.1 Å². The average molecular weight is 1090 g/mol. The zero-order chi connectivity index (χ0) is 46.3. The second-order valence-electron chi connectivity index (χ2n) is 18.3. The van der Waals surface area contributed by atoms with Crippen molar-refractivity contribution in [1.29, 1.82) is 0 Å². The standard InChI is InChI=1S/2C29H22NO2S.Pt/c2*1-29(2,3)30-18-24-17-19(8-16-26(24)33(31)32)7-9-20-10-11-23-13-12-21-5-4-6-22-14-15-25(20)28(23)27(21)22;/h2*4-6,8,10-18H,1-3H3;/q2*-1;+2. The van der Waals surface area contributed by atoms with Crippen LogP contribution < -0.4 is 0 Å². The molecule has 0 fully saturated rings. The summed E-state index contributed by atoms with van der Waals surface area (Å²) in [7, 11) is -4.69. The molecule has 6 nitrogen and oxygen atoms in total. The van der Waals surface area contributed by atoms with E-state index >= 15 is 0 Å². The summed E-state index contributed by atoms with van der Waals surface area (Å²) in [5, 5.41) is 14.5. The maximum absolute atomic E-state index is 11.7. The fourth-order valence-electron chi connectivity index (χ4n) is 8.25. The third kappa shape index (κ3) is 10.0. The Bertz CT molecular complexity index is 3600. The minimum atomic E-state index is -2.34. The first-order valence-corrected chi connectivity index (χ1v) is 23.7. The van der Waals surface area contributed by atoms with Gasteiger partial charge in [0, 0.05) is 34.7 Å². The molecule has 10 aromatic carbocycles. The molecule has 0 N–H and O–H groups in total. The Labute approximate surface area is 408 Å². The van der Waals surface area contributed by atoms with E-state index in [1.165, 1.54) is 53.9 Å². The van der Waals surface area contributed by atoms with E-state index in [0.717, 1.165) is 33.0 Å². The molecule has 0 heterocycles. The van der Waals surface area contributed by atoms with Crippen LogP contribution in [0.4, 0.5) is 0 Å². The Morgan fingerprint density at radius 1 is 0.403 bits per heavy atom. The third-order valence-corrected chi connectivity index (χ3v) is 12.8. The molecule has 0 atom stereocenters. The zero-order valence-corrected chi connectivity index (χ0v) is 41.6. The molecule has 0 unspecified atom stereocenters. The van der Waals surface area contributed by atoms with Crippen molar-refractivity contribution in [1.82, 2.24) is 0 Å². The van der Waals surface area contributed by atoms with Gasteiger partial charge in [0.25, 0.3) is 0 Å². The normalized spacial score (nSPS) is 12.1. The fourth-order valence-corrected chi connectivity index (χ4v) is 9.22. The van der Waals surface area contributed by atoms with Crippen molar-refractivity contribution in [3.8, 4) is 23.7 Å². The average Bonchev–Trinajstić information content (AvgIpc) is 3.29. The van der Waals surface area contributed by atoms with Crippen LogP contribution in [-0.2, 0) is 59.3 Å². The molecule has 0 aliphatic rings. The van der Waals surface area contributed by atoms with E-state index < -0.39 is 21.4 Å². The molecule has 0 saturated carbocycles. The summed E-state index contributed by atoms with van der Waals surface area (Å²) < 4.78 is 46.6. The topological polar surface area (TPSA) is 93.0 Å². The first-order valence-electron chi connectivity index (χ1n) is 21.5. The fraction of sp³-hybridized carbons (Fsp3) is 0.138. The van der Waals surface area contributed by atoms with Crippen molar-refractivity contribution in [2.45, 2.75) is 62.4 Å². The molecule has 0 aromatic heterocycles. The Balaban J connectivity index is 0.000000179. The SMILES string of the molecule is CC(C)(C)N=Cc1cc(C#Cc2ccc3ccc4cccc5ccc2c3c45)ccc1[S-](=O)=O.CC(C)(C)N=Cc1cc(C#Cc2ccc3ccc4cccc5ccc2c3c45)ccc1[S-](=O)=O.[Pt+2]. The third-order valence-electron chi connectivity index (χ3n) is 11.3. The number of benzene rings is 10. The van der Waals surface area contributed by atoms with Gasteiger partial charge in [-0.1, -0.05) is 143 Å². The summed E-state index contributed by atoms with van der Waals surface area (Å²) in [6.07, 6.45) is 3.24. The van der Waals surface area contributed by atoms with E-state index in [1.807, 2.05) is 41.5 Å². The summed E-state index contributed by atoms with van der Waals surface area (Å²) in [5.41, 5.74) is 3.86. The number of hydrogen-bond acceptors (Lipinski definition) is 8. The summed E-state index contributed by atoms with van der Waals surface area (Å²) in [5.74, 6) is 13.1. The van der Waals surface area contributed by atoms with Gasteiger partial charge in [-0.3, -0.25) is 9.98 Å².